The summed E-state index contributed by atoms with van der Waals surface area (Å²) in [7, 11) is -1.96. The second-order valence-corrected chi connectivity index (χ2v) is 8.38. The zero-order chi connectivity index (χ0) is 17.2. The lowest BCUT2D eigenvalue weighted by Gasteiger charge is -2.06. The van der Waals surface area contributed by atoms with E-state index in [1.807, 2.05) is 0 Å². The van der Waals surface area contributed by atoms with Gasteiger partial charge in [0.25, 0.3) is 0 Å². The molecule has 24 heavy (non-hydrogen) atoms. The fourth-order valence-electron chi connectivity index (χ4n) is 2.37. The van der Waals surface area contributed by atoms with Crippen LogP contribution in [0.4, 0.5) is 4.39 Å². The Morgan fingerprint density at radius 2 is 1.88 bits per heavy atom. The molecule has 0 atom stereocenters. The molecule has 2 aromatic heterocycles. The van der Waals surface area contributed by atoms with E-state index in [1.165, 1.54) is 24.4 Å². The summed E-state index contributed by atoms with van der Waals surface area (Å²) in [6, 6.07) is 13.0. The summed E-state index contributed by atoms with van der Waals surface area (Å²) in [5.41, 5.74) is 0.533. The van der Waals surface area contributed by atoms with Crippen LogP contribution in [0.15, 0.2) is 63.8 Å². The van der Waals surface area contributed by atoms with Gasteiger partial charge in [0.1, 0.15) is 4.21 Å². The molecule has 0 saturated heterocycles. The van der Waals surface area contributed by atoms with Crippen LogP contribution in [0.2, 0.25) is 0 Å². The van der Waals surface area contributed by atoms with E-state index in [-0.39, 0.29) is 14.7 Å². The third-order valence-electron chi connectivity index (χ3n) is 3.45. The maximum atomic E-state index is 14.1. The molecule has 0 radical (unpaired) electrons. The predicted molar refractivity (Wildman–Crippen MR) is 92.2 cm³/mol. The molecule has 4 nitrogen and oxygen atoms in total. The van der Waals surface area contributed by atoms with Gasteiger partial charge in [0.05, 0.1) is 4.90 Å². The van der Waals surface area contributed by atoms with Crippen molar-refractivity contribution >= 4 is 21.2 Å². The van der Waals surface area contributed by atoms with Crippen molar-refractivity contribution in [3.63, 3.8) is 0 Å². The van der Waals surface area contributed by atoms with Crippen LogP contribution in [-0.4, -0.2) is 20.4 Å². The molecule has 0 saturated carbocycles. The Morgan fingerprint density at radius 3 is 2.54 bits per heavy atom. The van der Waals surface area contributed by atoms with E-state index in [2.05, 4.69) is 10.3 Å². The maximum absolute atomic E-state index is 14.1. The van der Waals surface area contributed by atoms with Gasteiger partial charge in [-0.05, 0) is 37.4 Å². The van der Waals surface area contributed by atoms with Crippen molar-refractivity contribution < 1.29 is 12.8 Å². The fourth-order valence-corrected chi connectivity index (χ4v) is 5.51. The Hall–Kier alpha value is -2.09. The zero-order valence-corrected chi connectivity index (χ0v) is 14.5. The topological polar surface area (TPSA) is 59.1 Å². The lowest BCUT2D eigenvalue weighted by atomic mass is 10.1. The summed E-state index contributed by atoms with van der Waals surface area (Å²) in [5.74, 6) is -0.684. The quantitative estimate of drug-likeness (QED) is 0.706. The number of aromatic nitrogens is 1. The number of sulfone groups is 1. The van der Waals surface area contributed by atoms with Gasteiger partial charge in [-0.1, -0.05) is 18.2 Å². The monoisotopic (exact) mass is 362 g/mol. The minimum Gasteiger partial charge on any atom is -0.315 e. The smallest absolute Gasteiger partial charge is 0.220 e. The number of nitrogens with zero attached hydrogens (tertiary/aromatic N) is 1. The van der Waals surface area contributed by atoms with Crippen LogP contribution >= 0.6 is 11.3 Å². The number of rotatable bonds is 5. The molecule has 0 aliphatic rings. The summed E-state index contributed by atoms with van der Waals surface area (Å²) >= 11 is 1.14. The van der Waals surface area contributed by atoms with Crippen molar-refractivity contribution in [1.82, 2.24) is 10.3 Å². The largest absolute Gasteiger partial charge is 0.315 e. The van der Waals surface area contributed by atoms with E-state index in [9.17, 15) is 12.8 Å². The molecule has 3 rings (SSSR count). The molecule has 7 heteroatoms. The lowest BCUT2D eigenvalue weighted by Crippen LogP contribution is -2.02. The minimum absolute atomic E-state index is 0.130. The summed E-state index contributed by atoms with van der Waals surface area (Å²) < 4.78 is 40.3. The summed E-state index contributed by atoms with van der Waals surface area (Å²) in [6.45, 7) is 0.504. The van der Waals surface area contributed by atoms with Gasteiger partial charge < -0.3 is 5.32 Å². The number of thiophene rings is 1. The maximum Gasteiger partial charge on any atom is 0.220 e. The molecule has 124 valence electrons. The number of nitrogens with one attached hydrogen (secondary N) is 1. The van der Waals surface area contributed by atoms with E-state index in [0.717, 1.165) is 16.2 Å². The summed E-state index contributed by atoms with van der Waals surface area (Å²) in [5, 5.41) is 2.99. The average molecular weight is 362 g/mol. The van der Waals surface area contributed by atoms with E-state index < -0.39 is 15.8 Å². The van der Waals surface area contributed by atoms with E-state index in [0.29, 0.717) is 12.1 Å². The fraction of sp³-hybridized carbons (Fsp3) is 0.118. The van der Waals surface area contributed by atoms with Gasteiger partial charge in [0, 0.05) is 28.7 Å². The van der Waals surface area contributed by atoms with Crippen molar-refractivity contribution in [3.8, 4) is 11.1 Å². The van der Waals surface area contributed by atoms with Crippen LogP contribution in [0.3, 0.4) is 0 Å². The molecule has 1 aromatic carbocycles. The van der Waals surface area contributed by atoms with Crippen LogP contribution in [-0.2, 0) is 16.4 Å². The highest BCUT2D eigenvalue weighted by molar-refractivity contribution is 7.93. The number of pyridine rings is 1. The third kappa shape index (κ3) is 3.10. The molecule has 3 aromatic rings. The van der Waals surface area contributed by atoms with Crippen molar-refractivity contribution in [2.45, 2.75) is 15.6 Å². The second kappa shape index (κ2) is 6.80. The molecule has 0 amide bonds. The zero-order valence-electron chi connectivity index (χ0n) is 12.9. The number of halogens is 1. The molecule has 0 aliphatic carbocycles. The van der Waals surface area contributed by atoms with Crippen LogP contribution in [0.5, 0.6) is 0 Å². The van der Waals surface area contributed by atoms with Gasteiger partial charge in [-0.15, -0.1) is 11.3 Å². The molecular weight excluding hydrogens is 347 g/mol. The first-order valence-electron chi connectivity index (χ1n) is 7.22. The van der Waals surface area contributed by atoms with E-state index in [4.69, 9.17) is 0 Å². The predicted octanol–water partition coefficient (Wildman–Crippen LogP) is 3.50. The van der Waals surface area contributed by atoms with Gasteiger partial charge in [-0.3, -0.25) is 0 Å². The lowest BCUT2D eigenvalue weighted by molar-refractivity contribution is 0.587. The highest BCUT2D eigenvalue weighted by atomic mass is 32.2. The van der Waals surface area contributed by atoms with Gasteiger partial charge >= 0.3 is 0 Å². The normalized spacial score (nSPS) is 11.6. The Balaban J connectivity index is 2.23. The molecule has 0 bridgehead atoms. The second-order valence-electron chi connectivity index (χ2n) is 5.10. The standard InChI is InChI=1S/C17H15FN2O2S2/c1-19-11-12-10-15(14-8-5-9-20-16(14)18)17(23-12)24(21,22)13-6-3-2-4-7-13/h2-10,19H,11H2,1H3. The Labute approximate surface area is 143 Å². The molecule has 1 N–H and O–H groups in total. The van der Waals surface area contributed by atoms with Crippen molar-refractivity contribution in [3.05, 3.63) is 65.6 Å². The first-order chi connectivity index (χ1) is 11.5. The molecule has 0 aliphatic heterocycles. The summed E-state index contributed by atoms with van der Waals surface area (Å²) in [4.78, 5) is 4.63. The van der Waals surface area contributed by atoms with Crippen molar-refractivity contribution in [2.24, 2.45) is 0 Å². The van der Waals surface area contributed by atoms with Gasteiger partial charge in [-0.25, -0.2) is 13.4 Å². The minimum atomic E-state index is -3.74. The third-order valence-corrected chi connectivity index (χ3v) is 6.89. The van der Waals surface area contributed by atoms with Crippen molar-refractivity contribution in [1.29, 1.82) is 0 Å². The highest BCUT2D eigenvalue weighted by Gasteiger charge is 2.26. The molecular formula is C17H15FN2O2S2. The first-order valence-corrected chi connectivity index (χ1v) is 9.52. The number of hydrogen-bond donors (Lipinski definition) is 1. The van der Waals surface area contributed by atoms with Crippen LogP contribution < -0.4 is 5.32 Å². The van der Waals surface area contributed by atoms with E-state index in [1.54, 1.807) is 37.4 Å². The summed E-state index contributed by atoms with van der Waals surface area (Å²) in [6.07, 6.45) is 1.34. The van der Waals surface area contributed by atoms with Crippen molar-refractivity contribution in [2.75, 3.05) is 7.05 Å². The van der Waals surface area contributed by atoms with Crippen LogP contribution in [0.25, 0.3) is 11.1 Å². The Morgan fingerprint density at radius 1 is 1.12 bits per heavy atom. The first kappa shape index (κ1) is 16.8. The molecule has 0 spiro atoms. The molecule has 0 unspecified atom stereocenters. The van der Waals surface area contributed by atoms with Crippen LogP contribution in [0.1, 0.15) is 4.88 Å². The number of hydrogen-bond acceptors (Lipinski definition) is 5. The Kier molecular flexibility index (Phi) is 4.75. The number of benzene rings is 1. The van der Waals surface area contributed by atoms with E-state index >= 15 is 0 Å². The Bertz CT molecular complexity index is 954. The van der Waals surface area contributed by atoms with Gasteiger partial charge in [0.2, 0.25) is 15.8 Å². The molecule has 2 heterocycles. The molecule has 0 fully saturated rings. The van der Waals surface area contributed by atoms with Crippen LogP contribution in [0, 0.1) is 5.95 Å². The SMILES string of the molecule is CNCc1cc(-c2cccnc2F)c(S(=O)(=O)c2ccccc2)s1. The average Bonchev–Trinajstić information content (AvgIpc) is 3.01. The van der Waals surface area contributed by atoms with Gasteiger partial charge in [-0.2, -0.15) is 4.39 Å². The van der Waals surface area contributed by atoms with Gasteiger partial charge in [0.15, 0.2) is 0 Å². The highest BCUT2D eigenvalue weighted by Crippen LogP contribution is 2.38.